The fourth-order valence-corrected chi connectivity index (χ4v) is 3.58. The van der Waals surface area contributed by atoms with Crippen LogP contribution < -0.4 is 10.1 Å². The number of amides is 2. The SMILES string of the molecule is COc1ccccc1C1CNCCN1C(=O)C1CCN(C)C(=O)C1. The topological polar surface area (TPSA) is 61.9 Å². The molecule has 2 aliphatic heterocycles. The Bertz CT molecular complexity index is 619. The molecule has 2 saturated heterocycles. The number of para-hydroxylation sites is 1. The summed E-state index contributed by atoms with van der Waals surface area (Å²) in [6, 6.07) is 7.77. The summed E-state index contributed by atoms with van der Waals surface area (Å²) in [6.45, 7) is 2.79. The quantitative estimate of drug-likeness (QED) is 0.899. The minimum Gasteiger partial charge on any atom is -0.496 e. The first-order valence-electron chi connectivity index (χ1n) is 8.50. The molecule has 2 atom stereocenters. The van der Waals surface area contributed by atoms with Gasteiger partial charge in [-0.25, -0.2) is 0 Å². The molecule has 0 radical (unpaired) electrons. The van der Waals surface area contributed by atoms with E-state index < -0.39 is 0 Å². The molecule has 2 heterocycles. The zero-order valence-corrected chi connectivity index (χ0v) is 14.3. The summed E-state index contributed by atoms with van der Waals surface area (Å²) >= 11 is 0. The van der Waals surface area contributed by atoms with Gasteiger partial charge < -0.3 is 19.9 Å². The van der Waals surface area contributed by atoms with E-state index >= 15 is 0 Å². The van der Waals surface area contributed by atoms with E-state index in [1.165, 1.54) is 0 Å². The molecule has 1 N–H and O–H groups in total. The van der Waals surface area contributed by atoms with Crippen LogP contribution in [0.25, 0.3) is 0 Å². The Balaban J connectivity index is 1.82. The van der Waals surface area contributed by atoms with Crippen molar-refractivity contribution < 1.29 is 14.3 Å². The molecule has 130 valence electrons. The van der Waals surface area contributed by atoms with Crippen molar-refractivity contribution >= 4 is 11.8 Å². The van der Waals surface area contributed by atoms with E-state index in [1.807, 2.05) is 29.2 Å². The highest BCUT2D eigenvalue weighted by atomic mass is 16.5. The normalized spacial score (nSPS) is 24.8. The van der Waals surface area contributed by atoms with Crippen LogP contribution in [0.5, 0.6) is 5.75 Å². The number of piperidine rings is 1. The van der Waals surface area contributed by atoms with E-state index in [-0.39, 0.29) is 23.8 Å². The maximum atomic E-state index is 13.1. The first-order valence-corrected chi connectivity index (χ1v) is 8.50. The molecule has 2 amide bonds. The number of benzene rings is 1. The second kappa shape index (κ2) is 7.21. The average Bonchev–Trinajstić information content (AvgIpc) is 2.63. The molecule has 6 nitrogen and oxygen atoms in total. The number of methoxy groups -OCH3 is 1. The third kappa shape index (κ3) is 3.24. The van der Waals surface area contributed by atoms with Crippen LogP contribution in [-0.4, -0.2) is 62.0 Å². The van der Waals surface area contributed by atoms with E-state index in [2.05, 4.69) is 5.32 Å². The molecule has 1 aromatic carbocycles. The largest absolute Gasteiger partial charge is 0.496 e. The van der Waals surface area contributed by atoms with Gasteiger partial charge in [-0.3, -0.25) is 9.59 Å². The van der Waals surface area contributed by atoms with Crippen molar-refractivity contribution in [2.75, 3.05) is 40.3 Å². The molecule has 2 unspecified atom stereocenters. The zero-order valence-electron chi connectivity index (χ0n) is 14.3. The monoisotopic (exact) mass is 331 g/mol. The Morgan fingerprint density at radius 1 is 1.29 bits per heavy atom. The first-order chi connectivity index (χ1) is 11.6. The molecule has 0 bridgehead atoms. The number of piperazine rings is 1. The van der Waals surface area contributed by atoms with Crippen molar-refractivity contribution in [1.82, 2.24) is 15.1 Å². The summed E-state index contributed by atoms with van der Waals surface area (Å²) in [7, 11) is 3.45. The Morgan fingerprint density at radius 3 is 2.83 bits per heavy atom. The molecule has 1 aromatic rings. The number of rotatable bonds is 3. The third-order valence-electron chi connectivity index (χ3n) is 5.03. The van der Waals surface area contributed by atoms with Crippen LogP contribution in [0.3, 0.4) is 0 Å². The van der Waals surface area contributed by atoms with Crippen LogP contribution in [-0.2, 0) is 9.59 Å². The van der Waals surface area contributed by atoms with Crippen LogP contribution in [0.15, 0.2) is 24.3 Å². The van der Waals surface area contributed by atoms with Gasteiger partial charge in [0.05, 0.1) is 13.2 Å². The van der Waals surface area contributed by atoms with Crippen LogP contribution in [0.2, 0.25) is 0 Å². The summed E-state index contributed by atoms with van der Waals surface area (Å²) in [5, 5.41) is 3.36. The van der Waals surface area contributed by atoms with E-state index in [1.54, 1.807) is 19.1 Å². The number of hydrogen-bond acceptors (Lipinski definition) is 4. The Morgan fingerprint density at radius 2 is 2.08 bits per heavy atom. The van der Waals surface area contributed by atoms with Crippen molar-refractivity contribution in [1.29, 1.82) is 0 Å². The number of ether oxygens (including phenoxy) is 1. The molecule has 0 saturated carbocycles. The average molecular weight is 331 g/mol. The Labute approximate surface area is 142 Å². The lowest BCUT2D eigenvalue weighted by molar-refractivity contribution is -0.146. The first kappa shape index (κ1) is 16.8. The highest BCUT2D eigenvalue weighted by Gasteiger charge is 2.36. The van der Waals surface area contributed by atoms with Gasteiger partial charge in [0.25, 0.3) is 0 Å². The van der Waals surface area contributed by atoms with Crippen molar-refractivity contribution in [3.63, 3.8) is 0 Å². The molecule has 3 rings (SSSR count). The molecular weight excluding hydrogens is 306 g/mol. The van der Waals surface area contributed by atoms with Crippen molar-refractivity contribution in [2.24, 2.45) is 5.92 Å². The fraction of sp³-hybridized carbons (Fsp3) is 0.556. The minimum atomic E-state index is -0.205. The molecule has 0 aliphatic carbocycles. The summed E-state index contributed by atoms with van der Waals surface area (Å²) in [5.41, 5.74) is 1.01. The Hall–Kier alpha value is -2.08. The third-order valence-corrected chi connectivity index (χ3v) is 5.03. The zero-order chi connectivity index (χ0) is 17.1. The smallest absolute Gasteiger partial charge is 0.226 e. The number of carbonyl (C=O) groups excluding carboxylic acids is 2. The van der Waals surface area contributed by atoms with Gasteiger partial charge in [0, 0.05) is 51.1 Å². The molecule has 24 heavy (non-hydrogen) atoms. The van der Waals surface area contributed by atoms with Gasteiger partial charge in [0.15, 0.2) is 0 Å². The lowest BCUT2D eigenvalue weighted by Gasteiger charge is -2.40. The molecule has 6 heteroatoms. The van der Waals surface area contributed by atoms with E-state index in [4.69, 9.17) is 4.74 Å². The van der Waals surface area contributed by atoms with Gasteiger partial charge in [-0.15, -0.1) is 0 Å². The molecule has 0 aromatic heterocycles. The van der Waals surface area contributed by atoms with E-state index in [9.17, 15) is 9.59 Å². The predicted octanol–water partition coefficient (Wildman–Crippen LogP) is 1.04. The van der Waals surface area contributed by atoms with Crippen molar-refractivity contribution in [3.8, 4) is 5.75 Å². The van der Waals surface area contributed by atoms with E-state index in [0.29, 0.717) is 26.1 Å². The van der Waals surface area contributed by atoms with Gasteiger partial charge in [-0.2, -0.15) is 0 Å². The van der Waals surface area contributed by atoms with Crippen LogP contribution in [0, 0.1) is 5.92 Å². The van der Waals surface area contributed by atoms with Crippen molar-refractivity contribution in [3.05, 3.63) is 29.8 Å². The van der Waals surface area contributed by atoms with Gasteiger partial charge in [0.2, 0.25) is 11.8 Å². The number of nitrogens with zero attached hydrogens (tertiary/aromatic N) is 2. The summed E-state index contributed by atoms with van der Waals surface area (Å²) in [5.74, 6) is 0.741. The van der Waals surface area contributed by atoms with E-state index in [0.717, 1.165) is 24.3 Å². The second-order valence-electron chi connectivity index (χ2n) is 6.50. The maximum absolute atomic E-state index is 13.1. The molecule has 2 aliphatic rings. The standard InChI is InChI=1S/C18H25N3O3/c1-20-9-7-13(11-17(20)22)18(23)21-10-8-19-12-15(21)14-5-3-4-6-16(14)24-2/h3-6,13,15,19H,7-12H2,1-2H3. The summed E-state index contributed by atoms with van der Waals surface area (Å²) in [6.07, 6.45) is 1.06. The molecule has 0 spiro atoms. The highest BCUT2D eigenvalue weighted by molar-refractivity contribution is 5.87. The second-order valence-corrected chi connectivity index (χ2v) is 6.50. The van der Waals surface area contributed by atoms with Crippen LogP contribution >= 0.6 is 0 Å². The van der Waals surface area contributed by atoms with Crippen molar-refractivity contribution in [2.45, 2.75) is 18.9 Å². The number of likely N-dealkylation sites (tertiary alicyclic amines) is 1. The molecular formula is C18H25N3O3. The van der Waals surface area contributed by atoms with Gasteiger partial charge in [0.1, 0.15) is 5.75 Å². The van der Waals surface area contributed by atoms with Gasteiger partial charge in [-0.1, -0.05) is 18.2 Å². The predicted molar refractivity (Wildman–Crippen MR) is 90.7 cm³/mol. The lowest BCUT2D eigenvalue weighted by atomic mass is 9.92. The highest BCUT2D eigenvalue weighted by Crippen LogP contribution is 2.32. The fourth-order valence-electron chi connectivity index (χ4n) is 3.58. The summed E-state index contributed by atoms with van der Waals surface area (Å²) in [4.78, 5) is 28.7. The van der Waals surface area contributed by atoms with Crippen LogP contribution in [0.1, 0.15) is 24.4 Å². The molecule has 2 fully saturated rings. The summed E-state index contributed by atoms with van der Waals surface area (Å²) < 4.78 is 5.48. The number of nitrogens with one attached hydrogen (secondary N) is 1. The number of carbonyl (C=O) groups is 2. The van der Waals surface area contributed by atoms with Crippen LogP contribution in [0.4, 0.5) is 0 Å². The minimum absolute atomic E-state index is 0.0582. The number of hydrogen-bond donors (Lipinski definition) is 1. The maximum Gasteiger partial charge on any atom is 0.226 e. The van der Waals surface area contributed by atoms with Gasteiger partial charge in [-0.05, 0) is 12.5 Å². The lowest BCUT2D eigenvalue weighted by Crippen LogP contribution is -2.52. The Kier molecular flexibility index (Phi) is 5.04. The van der Waals surface area contributed by atoms with Gasteiger partial charge >= 0.3 is 0 Å².